The van der Waals surface area contributed by atoms with E-state index in [9.17, 15) is 4.39 Å². The van der Waals surface area contributed by atoms with Crippen LogP contribution in [0.3, 0.4) is 0 Å². The summed E-state index contributed by atoms with van der Waals surface area (Å²) < 4.78 is 13.7. The molecule has 1 aliphatic rings. The van der Waals surface area contributed by atoms with Crippen LogP contribution in [0.4, 0.5) is 4.39 Å². The topological polar surface area (TPSA) is 12.0 Å². The second-order valence-electron chi connectivity index (χ2n) is 3.89. The molecule has 1 N–H and O–H groups in total. The highest BCUT2D eigenvalue weighted by molar-refractivity contribution is 6.30. The molecule has 0 amide bonds. The zero-order chi connectivity index (χ0) is 10.1. The molecule has 2 atom stereocenters. The molecule has 14 heavy (non-hydrogen) atoms. The second kappa shape index (κ2) is 3.87. The van der Waals surface area contributed by atoms with Gasteiger partial charge in [0.1, 0.15) is 5.82 Å². The van der Waals surface area contributed by atoms with E-state index >= 15 is 0 Å². The summed E-state index contributed by atoms with van der Waals surface area (Å²) in [7, 11) is 0. The van der Waals surface area contributed by atoms with E-state index in [1.807, 2.05) is 12.1 Å². The highest BCUT2D eigenvalue weighted by Crippen LogP contribution is 2.31. The van der Waals surface area contributed by atoms with Gasteiger partial charge in [0.2, 0.25) is 0 Å². The minimum atomic E-state index is -0.255. The Morgan fingerprint density at radius 2 is 2.21 bits per heavy atom. The first kappa shape index (κ1) is 9.94. The van der Waals surface area contributed by atoms with Gasteiger partial charge < -0.3 is 5.32 Å². The lowest BCUT2D eigenvalue weighted by molar-refractivity contribution is 0.529. The van der Waals surface area contributed by atoms with E-state index in [-0.39, 0.29) is 16.8 Å². The van der Waals surface area contributed by atoms with Crippen molar-refractivity contribution in [1.82, 2.24) is 5.32 Å². The smallest absolute Gasteiger partial charge is 0.145 e. The first-order chi connectivity index (χ1) is 6.70. The van der Waals surface area contributed by atoms with Crippen molar-refractivity contribution >= 4 is 11.6 Å². The van der Waals surface area contributed by atoms with Crippen LogP contribution < -0.4 is 5.32 Å². The average Bonchev–Trinajstić information content (AvgIpc) is 2.57. The van der Waals surface area contributed by atoms with E-state index in [2.05, 4.69) is 12.2 Å². The first-order valence-electron chi connectivity index (χ1n) is 4.84. The van der Waals surface area contributed by atoms with Crippen LogP contribution in [-0.2, 0) is 0 Å². The Kier molecular flexibility index (Phi) is 2.75. The van der Waals surface area contributed by atoms with Crippen molar-refractivity contribution in [1.29, 1.82) is 0 Å². The molecule has 1 aliphatic heterocycles. The van der Waals surface area contributed by atoms with Gasteiger partial charge in [0, 0.05) is 12.5 Å². The van der Waals surface area contributed by atoms with Crippen LogP contribution in [0.5, 0.6) is 0 Å². The molecule has 0 radical (unpaired) electrons. The van der Waals surface area contributed by atoms with Crippen LogP contribution in [0.2, 0.25) is 5.02 Å². The summed E-state index contributed by atoms with van der Waals surface area (Å²) in [6.07, 6.45) is 0. The summed E-state index contributed by atoms with van der Waals surface area (Å²) in [6, 6.07) is 5.23. The third-order valence-corrected chi connectivity index (χ3v) is 3.19. The minimum absolute atomic E-state index is 0.224. The molecule has 3 heteroatoms. The van der Waals surface area contributed by atoms with Gasteiger partial charge in [-0.15, -0.1) is 0 Å². The lowest BCUT2D eigenvalue weighted by Crippen LogP contribution is -2.09. The molecular weight excluding hydrogens is 201 g/mol. The third-order valence-electron chi connectivity index (χ3n) is 2.90. The molecule has 2 rings (SSSR count). The van der Waals surface area contributed by atoms with Gasteiger partial charge in [-0.25, -0.2) is 4.39 Å². The van der Waals surface area contributed by atoms with Gasteiger partial charge in [-0.2, -0.15) is 0 Å². The quantitative estimate of drug-likeness (QED) is 0.757. The lowest BCUT2D eigenvalue weighted by Gasteiger charge is -2.15. The van der Waals surface area contributed by atoms with Crippen LogP contribution >= 0.6 is 11.6 Å². The predicted octanol–water partition coefficient (Wildman–Crippen LogP) is 2.80. The van der Waals surface area contributed by atoms with Crippen LogP contribution in [0.1, 0.15) is 18.4 Å². The van der Waals surface area contributed by atoms with Gasteiger partial charge in [0.25, 0.3) is 0 Å². The maximum Gasteiger partial charge on any atom is 0.145 e. The van der Waals surface area contributed by atoms with Gasteiger partial charge >= 0.3 is 0 Å². The molecule has 76 valence electrons. The zero-order valence-electron chi connectivity index (χ0n) is 8.06. The van der Waals surface area contributed by atoms with Crippen molar-refractivity contribution in [3.63, 3.8) is 0 Å². The summed E-state index contributed by atoms with van der Waals surface area (Å²) in [6.45, 7) is 3.93. The van der Waals surface area contributed by atoms with Crippen molar-refractivity contribution in [2.75, 3.05) is 13.1 Å². The molecule has 1 nitrogen and oxygen atoms in total. The van der Waals surface area contributed by atoms with E-state index in [0.29, 0.717) is 5.92 Å². The largest absolute Gasteiger partial charge is 0.316 e. The standard InChI is InChI=1S/C11H13ClFN/c1-7-5-14-6-9(7)8-3-2-4-10(12)11(8)13/h2-4,7,9,14H,5-6H2,1H3. The van der Waals surface area contributed by atoms with Crippen molar-refractivity contribution in [3.8, 4) is 0 Å². The van der Waals surface area contributed by atoms with Gasteiger partial charge in [0.15, 0.2) is 0 Å². The van der Waals surface area contributed by atoms with E-state index in [1.54, 1.807) is 6.07 Å². The Hall–Kier alpha value is -0.600. The molecule has 1 aromatic carbocycles. The molecule has 0 saturated carbocycles. The maximum atomic E-state index is 13.7. The molecule has 0 aliphatic carbocycles. The van der Waals surface area contributed by atoms with Crippen LogP contribution in [0.25, 0.3) is 0 Å². The first-order valence-corrected chi connectivity index (χ1v) is 5.22. The summed E-state index contributed by atoms with van der Waals surface area (Å²) in [5.41, 5.74) is 0.745. The molecule has 1 heterocycles. The third kappa shape index (κ3) is 1.64. The molecule has 1 saturated heterocycles. The Bertz CT molecular complexity index is 340. The fraction of sp³-hybridized carbons (Fsp3) is 0.455. The Morgan fingerprint density at radius 1 is 1.43 bits per heavy atom. The number of hydrogen-bond acceptors (Lipinski definition) is 1. The molecule has 0 spiro atoms. The van der Waals surface area contributed by atoms with Crippen LogP contribution in [0.15, 0.2) is 18.2 Å². The normalized spacial score (nSPS) is 26.8. The van der Waals surface area contributed by atoms with E-state index in [0.717, 1.165) is 18.7 Å². The summed E-state index contributed by atoms with van der Waals surface area (Å²) in [4.78, 5) is 0. The van der Waals surface area contributed by atoms with Crippen LogP contribution in [0, 0.1) is 11.7 Å². The zero-order valence-corrected chi connectivity index (χ0v) is 8.81. The van der Waals surface area contributed by atoms with Gasteiger partial charge in [0.05, 0.1) is 5.02 Å². The Labute approximate surface area is 88.3 Å². The number of halogens is 2. The minimum Gasteiger partial charge on any atom is -0.316 e. The highest BCUT2D eigenvalue weighted by Gasteiger charge is 2.27. The maximum absolute atomic E-state index is 13.7. The fourth-order valence-corrected chi connectivity index (χ4v) is 2.22. The summed E-state index contributed by atoms with van der Waals surface area (Å²) in [5.74, 6) is 0.478. The van der Waals surface area contributed by atoms with Crippen molar-refractivity contribution in [3.05, 3.63) is 34.6 Å². The Morgan fingerprint density at radius 3 is 2.86 bits per heavy atom. The molecule has 1 aromatic rings. The summed E-state index contributed by atoms with van der Waals surface area (Å²) in [5, 5.41) is 3.48. The fourth-order valence-electron chi connectivity index (χ4n) is 2.03. The number of rotatable bonds is 1. The number of nitrogens with one attached hydrogen (secondary N) is 1. The van der Waals surface area contributed by atoms with Crippen molar-refractivity contribution in [2.24, 2.45) is 5.92 Å². The van der Waals surface area contributed by atoms with E-state index in [1.165, 1.54) is 0 Å². The van der Waals surface area contributed by atoms with Crippen molar-refractivity contribution < 1.29 is 4.39 Å². The Balaban J connectivity index is 2.36. The monoisotopic (exact) mass is 213 g/mol. The molecule has 0 bridgehead atoms. The lowest BCUT2D eigenvalue weighted by atomic mass is 9.90. The average molecular weight is 214 g/mol. The van der Waals surface area contributed by atoms with Crippen molar-refractivity contribution in [2.45, 2.75) is 12.8 Å². The molecular formula is C11H13ClFN. The SMILES string of the molecule is CC1CNCC1c1cccc(Cl)c1F. The number of benzene rings is 1. The summed E-state index contributed by atoms with van der Waals surface area (Å²) >= 11 is 5.74. The van der Waals surface area contributed by atoms with Gasteiger partial charge in [-0.1, -0.05) is 30.7 Å². The van der Waals surface area contributed by atoms with E-state index in [4.69, 9.17) is 11.6 Å². The van der Waals surface area contributed by atoms with Gasteiger partial charge in [-0.05, 0) is 24.1 Å². The molecule has 0 aromatic heterocycles. The van der Waals surface area contributed by atoms with Gasteiger partial charge in [-0.3, -0.25) is 0 Å². The van der Waals surface area contributed by atoms with E-state index < -0.39 is 0 Å². The van der Waals surface area contributed by atoms with Crippen LogP contribution in [-0.4, -0.2) is 13.1 Å². The molecule has 2 unspecified atom stereocenters. The molecule has 1 fully saturated rings. The predicted molar refractivity (Wildman–Crippen MR) is 56.2 cm³/mol. The highest BCUT2D eigenvalue weighted by atomic mass is 35.5. The number of hydrogen-bond donors (Lipinski definition) is 1. The second-order valence-corrected chi connectivity index (χ2v) is 4.29.